The second kappa shape index (κ2) is 6.63. The Morgan fingerprint density at radius 3 is 2.59 bits per heavy atom. The second-order valence-electron chi connectivity index (χ2n) is 5.52. The minimum absolute atomic E-state index is 0.289. The minimum Gasteiger partial charge on any atom is -0.497 e. The largest absolute Gasteiger partial charge is 0.497 e. The van der Waals surface area contributed by atoms with Crippen LogP contribution in [0.3, 0.4) is 0 Å². The average molecular weight is 291 g/mol. The lowest BCUT2D eigenvalue weighted by atomic mass is 9.99. The third-order valence-electron chi connectivity index (χ3n) is 4.04. The van der Waals surface area contributed by atoms with Gasteiger partial charge in [-0.1, -0.05) is 54.6 Å². The third-order valence-corrected chi connectivity index (χ3v) is 4.04. The predicted octanol–water partition coefficient (Wildman–Crippen LogP) is 4.70. The molecule has 2 heteroatoms. The summed E-state index contributed by atoms with van der Waals surface area (Å²) in [7, 11) is 1.70. The molecule has 0 bridgehead atoms. The zero-order valence-electron chi connectivity index (χ0n) is 13.0. The molecule has 2 nitrogen and oxygen atoms in total. The first-order valence-corrected chi connectivity index (χ1v) is 7.62. The summed E-state index contributed by atoms with van der Waals surface area (Å²) < 4.78 is 5.28. The van der Waals surface area contributed by atoms with Crippen LogP contribution in [0, 0.1) is 0 Å². The Morgan fingerprint density at radius 1 is 0.955 bits per heavy atom. The van der Waals surface area contributed by atoms with E-state index in [4.69, 9.17) is 4.74 Å². The molecule has 0 amide bonds. The summed E-state index contributed by atoms with van der Waals surface area (Å²) >= 11 is 0. The number of hydrogen-bond donors (Lipinski definition) is 1. The van der Waals surface area contributed by atoms with E-state index >= 15 is 0 Å². The van der Waals surface area contributed by atoms with Crippen LogP contribution in [0.2, 0.25) is 0 Å². The topological polar surface area (TPSA) is 21.3 Å². The summed E-state index contributed by atoms with van der Waals surface area (Å²) in [4.78, 5) is 0. The molecular formula is C20H21NO. The molecule has 0 aromatic heterocycles. The fraction of sp³-hybridized carbons (Fsp3) is 0.200. The first-order valence-electron chi connectivity index (χ1n) is 7.62. The molecule has 0 saturated heterocycles. The van der Waals surface area contributed by atoms with E-state index < -0.39 is 0 Å². The van der Waals surface area contributed by atoms with Gasteiger partial charge in [0, 0.05) is 12.6 Å². The van der Waals surface area contributed by atoms with Gasteiger partial charge in [0.25, 0.3) is 0 Å². The van der Waals surface area contributed by atoms with Crippen LogP contribution in [0.25, 0.3) is 10.8 Å². The quantitative estimate of drug-likeness (QED) is 0.735. The van der Waals surface area contributed by atoms with Crippen molar-refractivity contribution in [3.05, 3.63) is 77.9 Å². The van der Waals surface area contributed by atoms with Gasteiger partial charge in [-0.05, 0) is 41.0 Å². The van der Waals surface area contributed by atoms with Crippen molar-refractivity contribution in [1.29, 1.82) is 0 Å². The van der Waals surface area contributed by atoms with Gasteiger partial charge in [-0.2, -0.15) is 0 Å². The van der Waals surface area contributed by atoms with Gasteiger partial charge in [-0.25, -0.2) is 0 Å². The predicted molar refractivity (Wildman–Crippen MR) is 92.2 cm³/mol. The lowest BCUT2D eigenvalue weighted by molar-refractivity contribution is 0.414. The number of ether oxygens (including phenoxy) is 1. The first-order chi connectivity index (χ1) is 10.8. The fourth-order valence-corrected chi connectivity index (χ4v) is 2.79. The zero-order valence-corrected chi connectivity index (χ0v) is 13.0. The highest BCUT2D eigenvalue weighted by Crippen LogP contribution is 2.24. The molecule has 22 heavy (non-hydrogen) atoms. The molecule has 112 valence electrons. The van der Waals surface area contributed by atoms with Crippen LogP contribution in [0.1, 0.15) is 24.1 Å². The van der Waals surface area contributed by atoms with Crippen molar-refractivity contribution < 1.29 is 4.74 Å². The Labute approximate surface area is 131 Å². The summed E-state index contributed by atoms with van der Waals surface area (Å²) in [6.45, 7) is 3.03. The lowest BCUT2D eigenvalue weighted by Crippen LogP contribution is -2.18. The van der Waals surface area contributed by atoms with E-state index in [1.54, 1.807) is 7.11 Å². The molecule has 0 heterocycles. The van der Waals surface area contributed by atoms with E-state index in [0.29, 0.717) is 0 Å². The van der Waals surface area contributed by atoms with Crippen LogP contribution in [-0.2, 0) is 6.54 Å². The summed E-state index contributed by atoms with van der Waals surface area (Å²) in [6, 6.07) is 23.5. The number of fused-ring (bicyclic) bond motifs is 1. The van der Waals surface area contributed by atoms with Crippen molar-refractivity contribution in [2.45, 2.75) is 19.5 Å². The van der Waals surface area contributed by atoms with E-state index in [2.05, 4.69) is 66.8 Å². The maximum Gasteiger partial charge on any atom is 0.119 e. The molecule has 3 aromatic rings. The summed E-state index contributed by atoms with van der Waals surface area (Å²) in [5, 5.41) is 6.21. The van der Waals surface area contributed by atoms with Crippen LogP contribution < -0.4 is 10.1 Å². The van der Waals surface area contributed by atoms with Crippen molar-refractivity contribution in [1.82, 2.24) is 5.32 Å². The summed E-state index contributed by atoms with van der Waals surface area (Å²) in [5.41, 5.74) is 2.56. The Morgan fingerprint density at radius 2 is 1.73 bits per heavy atom. The van der Waals surface area contributed by atoms with Crippen molar-refractivity contribution in [2.75, 3.05) is 7.11 Å². The maximum absolute atomic E-state index is 5.28. The van der Waals surface area contributed by atoms with E-state index in [1.165, 1.54) is 21.9 Å². The fourth-order valence-electron chi connectivity index (χ4n) is 2.79. The van der Waals surface area contributed by atoms with Crippen LogP contribution in [-0.4, -0.2) is 7.11 Å². The number of hydrogen-bond acceptors (Lipinski definition) is 2. The molecule has 0 aliphatic rings. The van der Waals surface area contributed by atoms with Gasteiger partial charge in [0.15, 0.2) is 0 Å². The molecule has 0 spiro atoms. The summed E-state index contributed by atoms with van der Waals surface area (Å²) in [5.74, 6) is 0.900. The van der Waals surface area contributed by atoms with Crippen molar-refractivity contribution in [2.24, 2.45) is 0 Å². The van der Waals surface area contributed by atoms with Crippen LogP contribution >= 0.6 is 0 Å². The Kier molecular flexibility index (Phi) is 4.40. The molecule has 0 saturated carbocycles. The van der Waals surface area contributed by atoms with Crippen LogP contribution in [0.5, 0.6) is 5.75 Å². The van der Waals surface area contributed by atoms with Crippen molar-refractivity contribution in [3.8, 4) is 5.75 Å². The number of benzene rings is 3. The first kappa shape index (κ1) is 14.6. The number of methoxy groups -OCH3 is 1. The van der Waals surface area contributed by atoms with E-state index in [1.807, 2.05) is 12.1 Å². The standard InChI is InChI=1S/C20H21NO/c1-15(21-14-16-7-5-10-18(13-16)22-2)19-12-6-9-17-8-3-4-11-20(17)19/h3-13,15,21H,14H2,1-2H3/t15-/m0/s1. The normalized spacial score (nSPS) is 12.3. The lowest BCUT2D eigenvalue weighted by Gasteiger charge is -2.17. The van der Waals surface area contributed by atoms with Gasteiger partial charge < -0.3 is 10.1 Å². The molecule has 3 aromatic carbocycles. The Hall–Kier alpha value is -2.32. The van der Waals surface area contributed by atoms with Gasteiger partial charge in [-0.15, -0.1) is 0 Å². The second-order valence-corrected chi connectivity index (χ2v) is 5.52. The van der Waals surface area contributed by atoms with Crippen LogP contribution in [0.15, 0.2) is 66.7 Å². The third kappa shape index (κ3) is 3.12. The number of rotatable bonds is 5. The minimum atomic E-state index is 0.289. The average Bonchev–Trinajstić information content (AvgIpc) is 2.59. The van der Waals surface area contributed by atoms with E-state index in [-0.39, 0.29) is 6.04 Å². The molecule has 0 fully saturated rings. The monoisotopic (exact) mass is 291 g/mol. The SMILES string of the molecule is COc1cccc(CN[C@@H](C)c2cccc3ccccc23)c1. The van der Waals surface area contributed by atoms with Gasteiger partial charge in [0.05, 0.1) is 7.11 Å². The molecule has 0 radical (unpaired) electrons. The van der Waals surface area contributed by atoms with E-state index in [9.17, 15) is 0 Å². The van der Waals surface area contributed by atoms with Gasteiger partial charge >= 0.3 is 0 Å². The highest BCUT2D eigenvalue weighted by molar-refractivity contribution is 5.86. The highest BCUT2D eigenvalue weighted by atomic mass is 16.5. The molecule has 1 N–H and O–H groups in total. The van der Waals surface area contributed by atoms with Crippen molar-refractivity contribution in [3.63, 3.8) is 0 Å². The summed E-state index contributed by atoms with van der Waals surface area (Å²) in [6.07, 6.45) is 0. The molecular weight excluding hydrogens is 270 g/mol. The number of nitrogens with one attached hydrogen (secondary N) is 1. The Balaban J connectivity index is 1.77. The van der Waals surface area contributed by atoms with Gasteiger partial charge in [-0.3, -0.25) is 0 Å². The molecule has 3 rings (SSSR count). The van der Waals surface area contributed by atoms with E-state index in [0.717, 1.165) is 12.3 Å². The zero-order chi connectivity index (χ0) is 15.4. The Bertz CT molecular complexity index is 761. The molecule has 1 atom stereocenters. The van der Waals surface area contributed by atoms with Gasteiger partial charge in [0.2, 0.25) is 0 Å². The van der Waals surface area contributed by atoms with Crippen LogP contribution in [0.4, 0.5) is 0 Å². The van der Waals surface area contributed by atoms with Gasteiger partial charge in [0.1, 0.15) is 5.75 Å². The molecule has 0 aliphatic carbocycles. The highest BCUT2D eigenvalue weighted by Gasteiger charge is 2.08. The van der Waals surface area contributed by atoms with Crippen molar-refractivity contribution >= 4 is 10.8 Å². The smallest absolute Gasteiger partial charge is 0.119 e. The molecule has 0 unspecified atom stereocenters. The maximum atomic E-state index is 5.28. The molecule has 0 aliphatic heterocycles.